The molecule has 0 spiro atoms. The molecule has 2 aromatic rings. The van der Waals surface area contributed by atoms with Crippen LogP contribution in [0.15, 0.2) is 4.79 Å². The second-order valence-corrected chi connectivity index (χ2v) is 7.39. The Balaban J connectivity index is 2.10. The Labute approximate surface area is 156 Å². The van der Waals surface area contributed by atoms with Crippen molar-refractivity contribution in [2.75, 3.05) is 36.9 Å². The second kappa shape index (κ2) is 5.53. The van der Waals surface area contributed by atoms with Crippen molar-refractivity contribution in [3.05, 3.63) is 21.2 Å². The van der Waals surface area contributed by atoms with E-state index in [0.29, 0.717) is 46.3 Å². The van der Waals surface area contributed by atoms with E-state index in [0.717, 1.165) is 6.54 Å². The number of likely N-dealkylation sites (N-methyl/N-ethyl adjacent to an activating group) is 1. The minimum Gasteiger partial charge on any atom is -0.341 e. The molecule has 0 bridgehead atoms. The average molecular weight is 461 g/mol. The maximum absolute atomic E-state index is 12.8. The van der Waals surface area contributed by atoms with Crippen LogP contribution in [0.1, 0.15) is 5.69 Å². The fourth-order valence-corrected chi connectivity index (χ4v) is 3.87. The molecule has 0 aromatic carbocycles. The summed E-state index contributed by atoms with van der Waals surface area (Å²) in [6, 6.07) is -0.423. The number of hydrogen-bond donors (Lipinski definition) is 1. The topological polar surface area (TPSA) is 83.4 Å². The zero-order valence-electron chi connectivity index (χ0n) is 13.0. The van der Waals surface area contributed by atoms with Gasteiger partial charge in [-0.3, -0.25) is 4.79 Å². The molecule has 4 heterocycles. The molecule has 2 aromatic heterocycles. The van der Waals surface area contributed by atoms with Crippen LogP contribution in [0.2, 0.25) is 5.02 Å². The average Bonchev–Trinajstić information content (AvgIpc) is 2.66. The summed E-state index contributed by atoms with van der Waals surface area (Å²) in [6.07, 6.45) is 0. The SMILES string of the molecule is Cc1nc2c3c(nc(=O)n2I)N2CCN(C)CC2C(=O)Nc3c1Cl. The molecule has 24 heavy (non-hydrogen) atoms. The van der Waals surface area contributed by atoms with Crippen molar-refractivity contribution in [1.82, 2.24) is 17.6 Å². The van der Waals surface area contributed by atoms with Crippen LogP contribution < -0.4 is 15.9 Å². The fraction of sp³-hybridized carbons (Fsp3) is 0.429. The molecule has 1 saturated heterocycles. The molecule has 1 unspecified atom stereocenters. The Hall–Kier alpha value is -1.46. The molecule has 4 rings (SSSR count). The van der Waals surface area contributed by atoms with E-state index < -0.39 is 11.7 Å². The van der Waals surface area contributed by atoms with Crippen LogP contribution in [0.4, 0.5) is 11.5 Å². The zero-order valence-corrected chi connectivity index (χ0v) is 15.9. The van der Waals surface area contributed by atoms with E-state index >= 15 is 0 Å². The maximum Gasteiger partial charge on any atom is 0.360 e. The molecule has 10 heteroatoms. The van der Waals surface area contributed by atoms with Crippen LogP contribution in [-0.4, -0.2) is 56.3 Å². The molecule has 1 atom stereocenters. The van der Waals surface area contributed by atoms with Crippen molar-refractivity contribution in [2.24, 2.45) is 0 Å². The van der Waals surface area contributed by atoms with Crippen LogP contribution in [0.3, 0.4) is 0 Å². The zero-order chi connectivity index (χ0) is 17.2. The third-order valence-corrected chi connectivity index (χ3v) is 5.80. The van der Waals surface area contributed by atoms with Crippen molar-refractivity contribution in [1.29, 1.82) is 0 Å². The number of fused-ring (bicyclic) bond motifs is 2. The molecular weight excluding hydrogens is 447 g/mol. The van der Waals surface area contributed by atoms with E-state index in [-0.39, 0.29) is 5.91 Å². The van der Waals surface area contributed by atoms with E-state index in [2.05, 4.69) is 20.2 Å². The van der Waals surface area contributed by atoms with Crippen LogP contribution in [0, 0.1) is 6.92 Å². The van der Waals surface area contributed by atoms with Gasteiger partial charge in [-0.05, 0) is 14.0 Å². The lowest BCUT2D eigenvalue weighted by molar-refractivity contribution is -0.118. The van der Waals surface area contributed by atoms with Crippen molar-refractivity contribution < 1.29 is 4.79 Å². The molecule has 0 aliphatic carbocycles. The normalized spacial score (nSPS) is 20.8. The minimum absolute atomic E-state index is 0.152. The summed E-state index contributed by atoms with van der Waals surface area (Å²) >= 11 is 8.28. The number of aromatic nitrogens is 3. The summed E-state index contributed by atoms with van der Waals surface area (Å²) in [5.74, 6) is 0.324. The predicted octanol–water partition coefficient (Wildman–Crippen LogP) is 1.02. The number of carbonyl (C=O) groups excluding carboxylic acids is 1. The lowest BCUT2D eigenvalue weighted by atomic mass is 10.1. The number of rotatable bonds is 0. The van der Waals surface area contributed by atoms with Gasteiger partial charge in [-0.1, -0.05) is 11.6 Å². The quantitative estimate of drug-likeness (QED) is 0.591. The highest BCUT2D eigenvalue weighted by Crippen LogP contribution is 2.40. The van der Waals surface area contributed by atoms with E-state index in [1.807, 2.05) is 34.8 Å². The molecule has 8 nitrogen and oxygen atoms in total. The van der Waals surface area contributed by atoms with Gasteiger partial charge >= 0.3 is 5.69 Å². The predicted molar refractivity (Wildman–Crippen MR) is 100 cm³/mol. The monoisotopic (exact) mass is 460 g/mol. The van der Waals surface area contributed by atoms with Gasteiger partial charge in [0.1, 0.15) is 11.9 Å². The number of nitrogens with zero attached hydrogens (tertiary/aromatic N) is 5. The van der Waals surface area contributed by atoms with E-state index in [4.69, 9.17) is 11.6 Å². The van der Waals surface area contributed by atoms with Gasteiger partial charge in [0.05, 0.1) is 44.7 Å². The highest BCUT2D eigenvalue weighted by molar-refractivity contribution is 14.1. The molecule has 0 radical (unpaired) electrons. The van der Waals surface area contributed by atoms with Crippen molar-refractivity contribution in [3.8, 4) is 0 Å². The maximum atomic E-state index is 12.8. The standard InChI is InChI=1S/C14H14ClIN6O2/c1-6-9(15)10-8-11(19-14(24)22(16)12(8)17-6)21-4-3-20(2)5-7(21)13(23)18-10/h7H,3-5H2,1-2H3,(H,18,23). The summed E-state index contributed by atoms with van der Waals surface area (Å²) in [4.78, 5) is 37.7. The van der Waals surface area contributed by atoms with Gasteiger partial charge in [0, 0.05) is 19.6 Å². The highest BCUT2D eigenvalue weighted by atomic mass is 127. The summed E-state index contributed by atoms with van der Waals surface area (Å²) in [5, 5.41) is 3.91. The summed E-state index contributed by atoms with van der Waals surface area (Å²) in [7, 11) is 1.97. The Kier molecular flexibility index (Phi) is 3.69. The smallest absolute Gasteiger partial charge is 0.341 e. The molecular formula is C14H14ClIN6O2. The van der Waals surface area contributed by atoms with E-state index in [9.17, 15) is 9.59 Å². The van der Waals surface area contributed by atoms with Crippen molar-refractivity contribution >= 4 is 62.9 Å². The van der Waals surface area contributed by atoms with Gasteiger partial charge in [-0.25, -0.2) is 12.6 Å². The third-order valence-electron chi connectivity index (χ3n) is 4.47. The lowest BCUT2D eigenvalue weighted by Gasteiger charge is -2.38. The lowest BCUT2D eigenvalue weighted by Crippen LogP contribution is -2.56. The van der Waals surface area contributed by atoms with Crippen molar-refractivity contribution in [2.45, 2.75) is 13.0 Å². The summed E-state index contributed by atoms with van der Waals surface area (Å²) in [6.45, 7) is 3.69. The highest BCUT2D eigenvalue weighted by Gasteiger charge is 2.38. The number of pyridine rings is 1. The molecule has 1 amide bonds. The number of anilines is 2. The molecule has 1 fully saturated rings. The van der Waals surface area contributed by atoms with Crippen LogP contribution in [0.5, 0.6) is 0 Å². The number of halogens is 2. The molecule has 0 saturated carbocycles. The number of carbonyl (C=O) groups is 1. The number of hydrogen-bond acceptors (Lipinski definition) is 6. The Morgan fingerprint density at radius 1 is 1.29 bits per heavy atom. The van der Waals surface area contributed by atoms with Crippen molar-refractivity contribution in [3.63, 3.8) is 0 Å². The summed E-state index contributed by atoms with van der Waals surface area (Å²) in [5.41, 5.74) is 1.08. The van der Waals surface area contributed by atoms with E-state index in [1.54, 1.807) is 6.92 Å². The molecule has 2 aliphatic heterocycles. The summed E-state index contributed by atoms with van der Waals surface area (Å²) < 4.78 is 1.35. The first-order valence-electron chi connectivity index (χ1n) is 7.43. The number of amides is 1. The second-order valence-electron chi connectivity index (χ2n) is 6.04. The number of piperazine rings is 1. The first-order valence-corrected chi connectivity index (χ1v) is 8.78. The van der Waals surface area contributed by atoms with Crippen LogP contribution >= 0.6 is 34.5 Å². The molecule has 126 valence electrons. The largest absolute Gasteiger partial charge is 0.360 e. The fourth-order valence-electron chi connectivity index (χ4n) is 3.23. The minimum atomic E-state index is -0.423. The van der Waals surface area contributed by atoms with Gasteiger partial charge in [0.15, 0.2) is 5.65 Å². The van der Waals surface area contributed by atoms with Gasteiger partial charge in [0.25, 0.3) is 0 Å². The first kappa shape index (κ1) is 16.0. The Morgan fingerprint density at radius 3 is 2.79 bits per heavy atom. The third kappa shape index (κ3) is 2.21. The Morgan fingerprint density at radius 2 is 2.04 bits per heavy atom. The Bertz CT molecular complexity index is 945. The number of nitrogens with one attached hydrogen (secondary N) is 1. The number of aryl methyl sites for hydroxylation is 1. The van der Waals surface area contributed by atoms with Gasteiger partial charge < -0.3 is 15.1 Å². The molecule has 2 aliphatic rings. The van der Waals surface area contributed by atoms with Gasteiger partial charge in [-0.15, -0.1) is 0 Å². The van der Waals surface area contributed by atoms with Gasteiger partial charge in [-0.2, -0.15) is 4.98 Å². The van der Waals surface area contributed by atoms with Gasteiger partial charge in [0.2, 0.25) is 5.91 Å². The molecule has 1 N–H and O–H groups in total. The van der Waals surface area contributed by atoms with Crippen LogP contribution in [0.25, 0.3) is 11.0 Å². The first-order chi connectivity index (χ1) is 11.4. The van der Waals surface area contributed by atoms with E-state index in [1.165, 1.54) is 2.78 Å². The van der Waals surface area contributed by atoms with Crippen LogP contribution in [-0.2, 0) is 4.79 Å².